The molecule has 5 rings (SSSR count). The van der Waals surface area contributed by atoms with E-state index in [-0.39, 0.29) is 57.6 Å². The number of Topliss-reactive ketones (excluding diaryl/α,β-unsaturated/α-hetero) is 1. The first-order valence-electron chi connectivity index (χ1n) is 13.0. The zero-order valence-corrected chi connectivity index (χ0v) is 21.1. The van der Waals surface area contributed by atoms with Gasteiger partial charge in [0.15, 0.2) is 11.6 Å². The van der Waals surface area contributed by atoms with Gasteiger partial charge < -0.3 is 5.11 Å². The fourth-order valence-corrected chi connectivity index (χ4v) is 9.27. The summed E-state index contributed by atoms with van der Waals surface area (Å²) in [4.78, 5) is 39.4. The Morgan fingerprint density at radius 1 is 1.03 bits per heavy atom. The molecule has 5 aliphatic rings. The molecule has 0 aromatic carbocycles. The van der Waals surface area contributed by atoms with Crippen molar-refractivity contribution >= 4 is 17.5 Å². The van der Waals surface area contributed by atoms with Gasteiger partial charge in [-0.05, 0) is 79.6 Å². The number of carbonyl (C=O) groups excluding carboxylic acids is 2. The van der Waals surface area contributed by atoms with Gasteiger partial charge in [0, 0.05) is 17.3 Å². The van der Waals surface area contributed by atoms with Gasteiger partial charge in [0.05, 0.1) is 11.0 Å². The number of nitrogens with zero attached hydrogens (tertiary/aromatic N) is 1. The number of aliphatic carboxylic acids is 1. The predicted octanol–water partition coefficient (Wildman–Crippen LogP) is 5.51. The van der Waals surface area contributed by atoms with Gasteiger partial charge in [0.2, 0.25) is 0 Å². The highest BCUT2D eigenvalue weighted by atomic mass is 16.4. The first-order valence-corrected chi connectivity index (χ1v) is 13.0. The second-order valence-corrected chi connectivity index (χ2v) is 13.2. The maximum absolute atomic E-state index is 13.9. The van der Waals surface area contributed by atoms with E-state index < -0.39 is 16.8 Å². The number of fused-ring (bicyclic) bond motifs is 7. The Labute approximate surface area is 202 Å². The van der Waals surface area contributed by atoms with Crippen molar-refractivity contribution in [3.8, 4) is 6.07 Å². The zero-order valence-electron chi connectivity index (χ0n) is 21.1. The molecule has 0 radical (unpaired) electrons. The predicted molar refractivity (Wildman–Crippen MR) is 127 cm³/mol. The molecule has 0 aromatic rings. The van der Waals surface area contributed by atoms with Crippen LogP contribution in [-0.4, -0.2) is 22.6 Å². The van der Waals surface area contributed by atoms with Crippen molar-refractivity contribution in [3.63, 3.8) is 0 Å². The van der Waals surface area contributed by atoms with Crippen molar-refractivity contribution < 1.29 is 19.5 Å². The van der Waals surface area contributed by atoms with Crippen LogP contribution < -0.4 is 0 Å². The monoisotopic (exact) mass is 463 g/mol. The summed E-state index contributed by atoms with van der Waals surface area (Å²) in [5, 5.41) is 20.0. The number of carboxylic acid groups (broad SMARTS) is 1. The lowest BCUT2D eigenvalue weighted by Crippen LogP contribution is -2.61. The zero-order chi connectivity index (χ0) is 24.8. The molecule has 8 atom stereocenters. The minimum absolute atomic E-state index is 0.0317. The lowest BCUT2D eigenvalue weighted by Gasteiger charge is -2.63. The van der Waals surface area contributed by atoms with Gasteiger partial charge in [-0.25, -0.2) is 0 Å². The second-order valence-electron chi connectivity index (χ2n) is 13.2. The van der Waals surface area contributed by atoms with E-state index in [0.717, 1.165) is 37.7 Å². The Morgan fingerprint density at radius 3 is 2.35 bits per heavy atom. The summed E-state index contributed by atoms with van der Waals surface area (Å²) in [6.07, 6.45) is 9.15. The van der Waals surface area contributed by atoms with Crippen molar-refractivity contribution in [1.29, 1.82) is 5.26 Å². The highest BCUT2D eigenvalue weighted by molar-refractivity contribution is 6.02. The van der Waals surface area contributed by atoms with Gasteiger partial charge in [0.1, 0.15) is 6.07 Å². The van der Waals surface area contributed by atoms with Crippen LogP contribution in [0.15, 0.2) is 23.3 Å². The van der Waals surface area contributed by atoms with E-state index in [2.05, 4.69) is 33.8 Å². The molecule has 8 unspecified atom stereocenters. The van der Waals surface area contributed by atoms with Gasteiger partial charge in [-0.2, -0.15) is 5.26 Å². The molecule has 0 heterocycles. The number of rotatable bonds is 1. The molecule has 3 fully saturated rings. The van der Waals surface area contributed by atoms with Crippen LogP contribution in [0, 0.1) is 62.6 Å². The average molecular weight is 464 g/mol. The second kappa shape index (κ2) is 7.15. The van der Waals surface area contributed by atoms with Crippen LogP contribution >= 0.6 is 0 Å². The van der Waals surface area contributed by atoms with Crippen LogP contribution in [0.4, 0.5) is 0 Å². The number of nitriles is 1. The Bertz CT molecular complexity index is 1090. The lowest BCUT2D eigenvalue weighted by atomic mass is 9.39. The van der Waals surface area contributed by atoms with Gasteiger partial charge >= 0.3 is 5.97 Å². The number of allylic oxidation sites excluding steroid dienone is 4. The Kier molecular flexibility index (Phi) is 4.95. The van der Waals surface area contributed by atoms with Crippen molar-refractivity contribution in [2.45, 2.75) is 79.6 Å². The van der Waals surface area contributed by atoms with Gasteiger partial charge in [-0.3, -0.25) is 14.4 Å². The Morgan fingerprint density at radius 2 is 1.71 bits per heavy atom. The molecule has 5 aliphatic carbocycles. The third kappa shape index (κ3) is 2.87. The first kappa shape index (κ1) is 23.5. The molecule has 0 aliphatic heterocycles. The minimum atomic E-state index is -0.797. The molecule has 34 heavy (non-hydrogen) atoms. The third-order valence-electron chi connectivity index (χ3n) is 11.1. The number of ketones is 2. The number of hydrogen-bond donors (Lipinski definition) is 1. The molecule has 5 nitrogen and oxygen atoms in total. The number of carboxylic acids is 1. The summed E-state index contributed by atoms with van der Waals surface area (Å²) in [5.74, 6) is -1.19. The highest BCUT2D eigenvalue weighted by Crippen LogP contribution is 2.69. The van der Waals surface area contributed by atoms with E-state index in [4.69, 9.17) is 0 Å². The molecule has 0 aromatic heterocycles. The van der Waals surface area contributed by atoms with Crippen LogP contribution in [-0.2, 0) is 14.4 Å². The van der Waals surface area contributed by atoms with E-state index in [9.17, 15) is 24.8 Å². The number of hydrogen-bond acceptors (Lipinski definition) is 4. The fraction of sp³-hybridized carbons (Fsp3) is 0.724. The molecule has 5 heteroatoms. The first-order chi connectivity index (χ1) is 15.8. The van der Waals surface area contributed by atoms with E-state index in [1.165, 1.54) is 0 Å². The highest BCUT2D eigenvalue weighted by Gasteiger charge is 2.66. The van der Waals surface area contributed by atoms with Crippen LogP contribution in [0.2, 0.25) is 0 Å². The van der Waals surface area contributed by atoms with E-state index >= 15 is 0 Å². The van der Waals surface area contributed by atoms with Gasteiger partial charge in [0.25, 0.3) is 0 Å². The van der Waals surface area contributed by atoms with Crippen LogP contribution in [0.5, 0.6) is 0 Å². The molecule has 0 saturated heterocycles. The summed E-state index contributed by atoms with van der Waals surface area (Å²) in [7, 11) is 0. The fourth-order valence-electron chi connectivity index (χ4n) is 9.27. The van der Waals surface area contributed by atoms with E-state index in [0.29, 0.717) is 12.8 Å². The molecule has 0 bridgehead atoms. The lowest BCUT2D eigenvalue weighted by molar-refractivity contribution is -0.174. The molecular formula is C29H37NO4. The molecular weight excluding hydrogens is 426 g/mol. The summed E-state index contributed by atoms with van der Waals surface area (Å²) >= 11 is 0. The average Bonchev–Trinajstić information content (AvgIpc) is 2.76. The molecule has 3 saturated carbocycles. The van der Waals surface area contributed by atoms with Gasteiger partial charge in [-0.1, -0.05) is 46.3 Å². The summed E-state index contributed by atoms with van der Waals surface area (Å²) in [6, 6.07) is 2.12. The minimum Gasteiger partial charge on any atom is -0.481 e. The third-order valence-corrected chi connectivity index (χ3v) is 11.1. The van der Waals surface area contributed by atoms with Crippen molar-refractivity contribution in [2.75, 3.05) is 0 Å². The molecule has 0 amide bonds. The van der Waals surface area contributed by atoms with Crippen molar-refractivity contribution in [2.24, 2.45) is 51.2 Å². The maximum atomic E-state index is 13.9. The van der Waals surface area contributed by atoms with Crippen LogP contribution in [0.3, 0.4) is 0 Å². The largest absolute Gasteiger partial charge is 0.481 e. The summed E-state index contributed by atoms with van der Waals surface area (Å²) in [5.41, 5.74) is -0.202. The Hall–Kier alpha value is -2.22. The van der Waals surface area contributed by atoms with Crippen LogP contribution in [0.1, 0.15) is 79.6 Å². The SMILES string of the molecule is CC1C(=O)C(C#N)=CC2(C)C3=CC(=O)C4C(CCC5(C(=O)O)CCC(C)(C)CC45)C3(C)CCC12. The normalized spacial score (nSPS) is 47.1. The van der Waals surface area contributed by atoms with Crippen molar-refractivity contribution in [1.82, 2.24) is 0 Å². The number of carbonyl (C=O) groups is 3. The molecule has 0 spiro atoms. The summed E-state index contributed by atoms with van der Waals surface area (Å²) in [6.45, 7) is 10.7. The standard InChI is InChI=1S/C29H37NO4/c1-16-18-6-8-27(4)19-7-9-29(25(33)34)11-10-26(2,3)14-20(29)23(19)21(31)12-22(27)28(18,5)13-17(15-30)24(16)32/h12-13,16,18-20,23H,6-11,14H2,1-5H3,(H,33,34). The van der Waals surface area contributed by atoms with Crippen molar-refractivity contribution in [3.05, 3.63) is 23.3 Å². The topological polar surface area (TPSA) is 95.2 Å². The smallest absolute Gasteiger partial charge is 0.309 e. The van der Waals surface area contributed by atoms with Crippen LogP contribution in [0.25, 0.3) is 0 Å². The Balaban J connectivity index is 1.65. The van der Waals surface area contributed by atoms with E-state index in [1.807, 2.05) is 19.1 Å². The maximum Gasteiger partial charge on any atom is 0.309 e. The summed E-state index contributed by atoms with van der Waals surface area (Å²) < 4.78 is 0. The molecule has 182 valence electrons. The van der Waals surface area contributed by atoms with E-state index in [1.54, 1.807) is 0 Å². The quantitative estimate of drug-likeness (QED) is 0.553. The molecule has 1 N–H and O–H groups in total. The van der Waals surface area contributed by atoms with Gasteiger partial charge in [-0.15, -0.1) is 0 Å².